The van der Waals surface area contributed by atoms with Crippen LogP contribution in [0.5, 0.6) is 0 Å². The van der Waals surface area contributed by atoms with Crippen LogP contribution in [-0.4, -0.2) is 54.4 Å². The van der Waals surface area contributed by atoms with E-state index in [1.165, 1.54) is 18.3 Å². The molecule has 0 aliphatic carbocycles. The average molecular weight is 368 g/mol. The van der Waals surface area contributed by atoms with Gasteiger partial charge in [-0.3, -0.25) is 14.4 Å². The first-order chi connectivity index (χ1) is 11.8. The van der Waals surface area contributed by atoms with Crippen LogP contribution in [-0.2, 0) is 24.4 Å². The number of sulfonamides is 1. The summed E-state index contributed by atoms with van der Waals surface area (Å²) in [5.74, 6) is -1.97. The van der Waals surface area contributed by atoms with Crippen LogP contribution in [0, 0.1) is 0 Å². The van der Waals surface area contributed by atoms with Crippen molar-refractivity contribution in [1.29, 1.82) is 0 Å². The van der Waals surface area contributed by atoms with E-state index in [1.807, 2.05) is 0 Å². The molecule has 1 aromatic rings. The van der Waals surface area contributed by atoms with Crippen molar-refractivity contribution in [2.45, 2.75) is 36.8 Å². The van der Waals surface area contributed by atoms with Crippen molar-refractivity contribution in [3.63, 3.8) is 0 Å². The van der Waals surface area contributed by atoms with Crippen LogP contribution >= 0.6 is 0 Å². The van der Waals surface area contributed by atoms with Crippen LogP contribution in [0.15, 0.2) is 29.4 Å². The molecule has 0 aromatic carbocycles. The van der Waals surface area contributed by atoms with Crippen molar-refractivity contribution in [2.24, 2.45) is 5.73 Å². The molecule has 1 aromatic heterocycles. The monoisotopic (exact) mass is 368 g/mol. The number of hydrogen-bond donors (Lipinski definition) is 2. The van der Waals surface area contributed by atoms with Gasteiger partial charge in [0.1, 0.15) is 6.04 Å². The molecule has 0 spiro atoms. The summed E-state index contributed by atoms with van der Waals surface area (Å²) in [6.45, 7) is 0.525. The maximum Gasteiger partial charge on any atom is 0.284 e. The molecule has 1 atom stereocenters. The maximum atomic E-state index is 12.9. The number of rotatable bonds is 6. The first-order valence-electron chi connectivity index (χ1n) is 7.84. The van der Waals surface area contributed by atoms with Gasteiger partial charge < -0.3 is 11.1 Å². The summed E-state index contributed by atoms with van der Waals surface area (Å²) in [4.78, 5) is 39.7. The van der Waals surface area contributed by atoms with Gasteiger partial charge in [0.25, 0.3) is 10.0 Å². The highest BCUT2D eigenvalue weighted by Gasteiger charge is 2.40. The molecule has 0 radical (unpaired) electrons. The van der Waals surface area contributed by atoms with Gasteiger partial charge in [0.2, 0.25) is 11.8 Å². The third-order valence-electron chi connectivity index (χ3n) is 3.78. The summed E-state index contributed by atoms with van der Waals surface area (Å²) >= 11 is 0. The maximum absolute atomic E-state index is 12.9. The van der Waals surface area contributed by atoms with Crippen LogP contribution < -0.4 is 11.1 Å². The van der Waals surface area contributed by atoms with E-state index in [2.05, 4.69) is 10.3 Å². The van der Waals surface area contributed by atoms with E-state index in [0.29, 0.717) is 17.3 Å². The van der Waals surface area contributed by atoms with Gasteiger partial charge in [-0.05, 0) is 31.5 Å². The van der Waals surface area contributed by atoms with Gasteiger partial charge in [-0.25, -0.2) is 9.29 Å². The minimum atomic E-state index is -4.32. The number of nitrogens with one attached hydrogen (secondary N) is 1. The summed E-state index contributed by atoms with van der Waals surface area (Å²) in [5, 5.41) is 2.56. The van der Waals surface area contributed by atoms with E-state index in [4.69, 9.17) is 5.73 Å². The predicted octanol–water partition coefficient (Wildman–Crippen LogP) is -0.814. The Kier molecular flexibility index (Phi) is 6.21. The molecule has 0 saturated carbocycles. The number of aromatic nitrogens is 1. The number of nitrogens with two attached hydrogens (primary N) is 1. The minimum Gasteiger partial charge on any atom is -0.370 e. The van der Waals surface area contributed by atoms with Gasteiger partial charge in [-0.15, -0.1) is 0 Å². The number of Topliss-reactive ketones (excluding diaryl/α,β-unsaturated/α-hetero) is 1. The third kappa shape index (κ3) is 4.60. The third-order valence-corrected chi connectivity index (χ3v) is 5.52. The molecule has 1 aliphatic heterocycles. The number of hydrogen-bond acceptors (Lipinski definition) is 7. The standard InChI is InChI=1S/C15H20N4O5S/c16-13(21)6-7-15(22)19(11-4-3-8-17-10-12(11)20)25(23,24)14-5-1-2-9-18-14/h1-2,5,9,11,17H,3-4,6-8,10H2,(H2,16,21)/t11-/m0/s1. The summed E-state index contributed by atoms with van der Waals surface area (Å²) < 4.78 is 26.4. The smallest absolute Gasteiger partial charge is 0.284 e. The Bertz CT molecular complexity index is 750. The Labute approximate surface area is 145 Å². The van der Waals surface area contributed by atoms with Gasteiger partial charge in [-0.2, -0.15) is 8.42 Å². The zero-order chi connectivity index (χ0) is 18.4. The van der Waals surface area contributed by atoms with Crippen molar-refractivity contribution in [3.8, 4) is 0 Å². The minimum absolute atomic E-state index is 0.0258. The lowest BCUT2D eigenvalue weighted by Gasteiger charge is -2.28. The normalized spacial score (nSPS) is 18.4. The Morgan fingerprint density at radius 2 is 2.08 bits per heavy atom. The number of pyridine rings is 1. The molecule has 1 fully saturated rings. The topological polar surface area (TPSA) is 140 Å². The average Bonchev–Trinajstić information content (AvgIpc) is 2.79. The highest BCUT2D eigenvalue weighted by molar-refractivity contribution is 7.89. The fourth-order valence-corrected chi connectivity index (χ4v) is 4.14. The quantitative estimate of drug-likeness (QED) is 0.669. The second kappa shape index (κ2) is 8.17. The second-order valence-corrected chi connectivity index (χ2v) is 7.39. The van der Waals surface area contributed by atoms with Gasteiger partial charge >= 0.3 is 0 Å². The SMILES string of the molecule is NC(=O)CCC(=O)N([C@H]1CCCNCC1=O)S(=O)(=O)c1ccccn1. The van der Waals surface area contributed by atoms with Gasteiger partial charge in [0.15, 0.2) is 10.8 Å². The molecule has 3 N–H and O–H groups in total. The van der Waals surface area contributed by atoms with Crippen LogP contribution in [0.1, 0.15) is 25.7 Å². The summed E-state index contributed by atoms with van der Waals surface area (Å²) in [6, 6.07) is 3.15. The highest BCUT2D eigenvalue weighted by atomic mass is 32.2. The second-order valence-electron chi connectivity index (χ2n) is 5.63. The first kappa shape index (κ1) is 19.0. The Hall–Kier alpha value is -2.33. The number of nitrogens with zero attached hydrogens (tertiary/aromatic N) is 2. The largest absolute Gasteiger partial charge is 0.370 e. The fourth-order valence-electron chi connectivity index (χ4n) is 2.57. The Morgan fingerprint density at radius 1 is 1.32 bits per heavy atom. The molecule has 1 saturated heterocycles. The van der Waals surface area contributed by atoms with E-state index in [0.717, 1.165) is 0 Å². The van der Waals surface area contributed by atoms with Crippen LogP contribution in [0.2, 0.25) is 0 Å². The lowest BCUT2D eigenvalue weighted by atomic mass is 10.1. The zero-order valence-corrected chi connectivity index (χ0v) is 14.4. The molecule has 10 heteroatoms. The molecule has 1 aliphatic rings. The Morgan fingerprint density at radius 3 is 2.72 bits per heavy atom. The molecule has 0 bridgehead atoms. The van der Waals surface area contributed by atoms with Gasteiger partial charge in [-0.1, -0.05) is 6.07 Å². The first-order valence-corrected chi connectivity index (χ1v) is 9.28. The number of carbonyl (C=O) groups is 3. The molecule has 2 heterocycles. The number of ketones is 1. The molecule has 9 nitrogen and oxygen atoms in total. The number of carbonyl (C=O) groups excluding carboxylic acids is 3. The molecule has 2 amide bonds. The Balaban J connectivity index is 2.42. The van der Waals surface area contributed by atoms with E-state index in [-0.39, 0.29) is 24.4 Å². The highest BCUT2D eigenvalue weighted by Crippen LogP contribution is 2.22. The predicted molar refractivity (Wildman–Crippen MR) is 87.6 cm³/mol. The van der Waals surface area contributed by atoms with Gasteiger partial charge in [0.05, 0.1) is 6.54 Å². The van der Waals surface area contributed by atoms with E-state index >= 15 is 0 Å². The molecular weight excluding hydrogens is 348 g/mol. The fraction of sp³-hybridized carbons (Fsp3) is 0.467. The van der Waals surface area contributed by atoms with Crippen LogP contribution in [0.4, 0.5) is 0 Å². The lowest BCUT2D eigenvalue weighted by molar-refractivity contribution is -0.134. The van der Waals surface area contributed by atoms with Crippen LogP contribution in [0.25, 0.3) is 0 Å². The molecule has 136 valence electrons. The lowest BCUT2D eigenvalue weighted by Crippen LogP contribution is -2.49. The van der Waals surface area contributed by atoms with Crippen molar-refractivity contribution in [1.82, 2.24) is 14.6 Å². The number of primary amides is 1. The molecule has 0 unspecified atom stereocenters. The van der Waals surface area contributed by atoms with E-state index < -0.39 is 40.1 Å². The summed E-state index contributed by atoms with van der Waals surface area (Å²) in [6.07, 6.45) is 1.34. The van der Waals surface area contributed by atoms with Crippen molar-refractivity contribution in [3.05, 3.63) is 24.4 Å². The van der Waals surface area contributed by atoms with Crippen molar-refractivity contribution >= 4 is 27.6 Å². The van der Waals surface area contributed by atoms with E-state index in [9.17, 15) is 22.8 Å². The zero-order valence-electron chi connectivity index (χ0n) is 13.6. The summed E-state index contributed by atoms with van der Waals surface area (Å²) in [7, 11) is -4.32. The molecule has 25 heavy (non-hydrogen) atoms. The van der Waals surface area contributed by atoms with Crippen molar-refractivity contribution in [2.75, 3.05) is 13.1 Å². The molecule has 2 rings (SSSR count). The van der Waals surface area contributed by atoms with E-state index in [1.54, 1.807) is 6.07 Å². The molecular formula is C15H20N4O5S. The van der Waals surface area contributed by atoms with Crippen LogP contribution in [0.3, 0.4) is 0 Å². The number of amides is 2. The summed E-state index contributed by atoms with van der Waals surface area (Å²) in [5.41, 5.74) is 5.04. The van der Waals surface area contributed by atoms with Crippen molar-refractivity contribution < 1.29 is 22.8 Å². The van der Waals surface area contributed by atoms with Gasteiger partial charge in [0, 0.05) is 19.0 Å².